The molecular weight excluding hydrogens is 217 g/mol. The van der Waals surface area contributed by atoms with Crippen LogP contribution < -0.4 is 4.74 Å². The normalized spacial score (nSPS) is 13.9. The van der Waals surface area contributed by atoms with E-state index in [0.717, 1.165) is 0 Å². The molecule has 0 N–H and O–H groups in total. The third-order valence-electron chi connectivity index (χ3n) is 2.64. The van der Waals surface area contributed by atoms with Gasteiger partial charge in [-0.05, 0) is 23.5 Å². The van der Waals surface area contributed by atoms with E-state index in [9.17, 15) is 13.2 Å². The van der Waals surface area contributed by atoms with Crippen molar-refractivity contribution in [2.45, 2.75) is 33.1 Å². The van der Waals surface area contributed by atoms with Gasteiger partial charge in [0, 0.05) is 0 Å². The molecule has 0 aromatic heterocycles. The van der Waals surface area contributed by atoms with Gasteiger partial charge in [-0.3, -0.25) is 0 Å². The van der Waals surface area contributed by atoms with Crippen LogP contribution in [0.3, 0.4) is 0 Å². The zero-order chi connectivity index (χ0) is 12.3. The van der Waals surface area contributed by atoms with Crippen LogP contribution in [-0.4, -0.2) is 6.36 Å². The molecule has 16 heavy (non-hydrogen) atoms. The summed E-state index contributed by atoms with van der Waals surface area (Å²) in [5, 5.41) is 0. The number of ether oxygens (including phenoxy) is 1. The Kier molecular flexibility index (Phi) is 3.83. The number of rotatable bonds is 3. The molecule has 1 rings (SSSR count). The lowest BCUT2D eigenvalue weighted by Crippen LogP contribution is -2.19. The summed E-state index contributed by atoms with van der Waals surface area (Å²) in [5.74, 6) is 0.188. The topological polar surface area (TPSA) is 9.23 Å². The highest BCUT2D eigenvalue weighted by molar-refractivity contribution is 5.36. The average Bonchev–Trinajstić information content (AvgIpc) is 2.15. The molecule has 1 atom stereocenters. The van der Waals surface area contributed by atoms with Crippen molar-refractivity contribution in [1.82, 2.24) is 0 Å². The summed E-state index contributed by atoms with van der Waals surface area (Å²) in [4.78, 5) is 0. The first-order valence-electron chi connectivity index (χ1n) is 5.16. The van der Waals surface area contributed by atoms with E-state index in [1.165, 1.54) is 12.1 Å². The second-order valence-electron chi connectivity index (χ2n) is 4.12. The number of halogens is 3. The van der Waals surface area contributed by atoms with Crippen molar-refractivity contribution >= 4 is 0 Å². The van der Waals surface area contributed by atoms with Gasteiger partial charge in [-0.25, -0.2) is 0 Å². The summed E-state index contributed by atoms with van der Waals surface area (Å²) in [6.07, 6.45) is -4.63. The zero-order valence-corrected chi connectivity index (χ0v) is 9.51. The van der Waals surface area contributed by atoms with Gasteiger partial charge in [0.2, 0.25) is 0 Å². The molecule has 0 saturated heterocycles. The molecule has 1 aromatic carbocycles. The molecule has 0 bridgehead atoms. The summed E-state index contributed by atoms with van der Waals surface area (Å²) in [6, 6.07) is 6.28. The lowest BCUT2D eigenvalue weighted by molar-refractivity contribution is -0.275. The van der Waals surface area contributed by atoms with E-state index in [2.05, 4.69) is 4.74 Å². The fourth-order valence-electron chi connectivity index (χ4n) is 1.43. The number of hydrogen-bond donors (Lipinski definition) is 0. The van der Waals surface area contributed by atoms with Gasteiger partial charge < -0.3 is 4.74 Å². The first-order chi connectivity index (χ1) is 7.31. The average molecular weight is 232 g/mol. The fraction of sp³-hybridized carbons (Fsp3) is 0.500. The van der Waals surface area contributed by atoms with Crippen molar-refractivity contribution in [2.24, 2.45) is 5.92 Å². The Balaban J connectivity index is 3.01. The van der Waals surface area contributed by atoms with Crippen LogP contribution >= 0.6 is 0 Å². The molecule has 0 heterocycles. The maximum absolute atomic E-state index is 12.2. The van der Waals surface area contributed by atoms with Crippen molar-refractivity contribution < 1.29 is 17.9 Å². The predicted molar refractivity (Wildman–Crippen MR) is 56.4 cm³/mol. The van der Waals surface area contributed by atoms with Crippen LogP contribution in [0.5, 0.6) is 5.75 Å². The third-order valence-corrected chi connectivity index (χ3v) is 2.64. The van der Waals surface area contributed by atoms with Crippen molar-refractivity contribution in [3.63, 3.8) is 0 Å². The second-order valence-corrected chi connectivity index (χ2v) is 4.12. The molecular formula is C12H15F3O. The summed E-state index contributed by atoms with van der Waals surface area (Å²) < 4.78 is 40.5. The van der Waals surface area contributed by atoms with Crippen LogP contribution in [0.4, 0.5) is 13.2 Å². The third kappa shape index (κ3) is 3.43. The lowest BCUT2D eigenvalue weighted by Gasteiger charge is -2.20. The van der Waals surface area contributed by atoms with E-state index in [1.54, 1.807) is 12.1 Å². The smallest absolute Gasteiger partial charge is 0.405 e. The van der Waals surface area contributed by atoms with E-state index >= 15 is 0 Å². The molecule has 0 amide bonds. The highest BCUT2D eigenvalue weighted by Gasteiger charge is 2.32. The van der Waals surface area contributed by atoms with Crippen molar-refractivity contribution in [1.29, 1.82) is 0 Å². The van der Waals surface area contributed by atoms with E-state index in [-0.39, 0.29) is 17.6 Å². The van der Waals surface area contributed by atoms with Crippen LogP contribution in [0, 0.1) is 5.92 Å². The predicted octanol–water partition coefficient (Wildman–Crippen LogP) is 4.34. The van der Waals surface area contributed by atoms with Crippen molar-refractivity contribution in [3.8, 4) is 5.75 Å². The Labute approximate surface area is 93.2 Å². The van der Waals surface area contributed by atoms with Gasteiger partial charge in [0.25, 0.3) is 0 Å². The Hall–Kier alpha value is -1.19. The van der Waals surface area contributed by atoms with E-state index in [4.69, 9.17) is 0 Å². The molecule has 0 saturated carbocycles. The maximum atomic E-state index is 12.2. The monoisotopic (exact) mass is 232 g/mol. The maximum Gasteiger partial charge on any atom is 0.573 e. The van der Waals surface area contributed by atoms with Crippen LogP contribution in [0.1, 0.15) is 32.3 Å². The quantitative estimate of drug-likeness (QED) is 0.753. The van der Waals surface area contributed by atoms with Gasteiger partial charge >= 0.3 is 6.36 Å². The molecule has 0 fully saturated rings. The summed E-state index contributed by atoms with van der Waals surface area (Å²) in [5.41, 5.74) is 0.592. The molecule has 1 aromatic rings. The molecule has 0 aliphatic carbocycles. The molecule has 0 aliphatic heterocycles. The van der Waals surface area contributed by atoms with Gasteiger partial charge in [0.15, 0.2) is 0 Å². The van der Waals surface area contributed by atoms with Gasteiger partial charge in [-0.15, -0.1) is 13.2 Å². The number of alkyl halides is 3. The second kappa shape index (κ2) is 4.76. The minimum Gasteiger partial charge on any atom is -0.405 e. The summed E-state index contributed by atoms with van der Waals surface area (Å²) >= 11 is 0. The fourth-order valence-corrected chi connectivity index (χ4v) is 1.43. The molecule has 0 spiro atoms. The minimum absolute atomic E-state index is 0.0264. The van der Waals surface area contributed by atoms with Crippen LogP contribution in [0.2, 0.25) is 0 Å². The van der Waals surface area contributed by atoms with Crippen LogP contribution in [-0.2, 0) is 0 Å². The molecule has 1 nitrogen and oxygen atoms in total. The van der Waals surface area contributed by atoms with Gasteiger partial charge in [-0.2, -0.15) is 0 Å². The van der Waals surface area contributed by atoms with Crippen molar-refractivity contribution in [3.05, 3.63) is 29.8 Å². The Morgan fingerprint density at radius 3 is 2.12 bits per heavy atom. The standard InChI is InChI=1S/C12H15F3O/c1-8(2)9(3)10-6-4-5-7-11(10)16-12(13,14)15/h4-9H,1-3H3. The van der Waals surface area contributed by atoms with Gasteiger partial charge in [-0.1, -0.05) is 39.0 Å². The molecule has 4 heteroatoms. The molecule has 0 aliphatic rings. The van der Waals surface area contributed by atoms with E-state index in [0.29, 0.717) is 5.56 Å². The van der Waals surface area contributed by atoms with E-state index < -0.39 is 6.36 Å². The highest BCUT2D eigenvalue weighted by atomic mass is 19.4. The summed E-state index contributed by atoms with van der Waals surface area (Å²) in [7, 11) is 0. The molecule has 1 unspecified atom stereocenters. The largest absolute Gasteiger partial charge is 0.573 e. The first-order valence-corrected chi connectivity index (χ1v) is 5.16. The van der Waals surface area contributed by atoms with Crippen molar-refractivity contribution in [2.75, 3.05) is 0 Å². The van der Waals surface area contributed by atoms with Crippen LogP contribution in [0.25, 0.3) is 0 Å². The Morgan fingerprint density at radius 2 is 1.62 bits per heavy atom. The number of benzene rings is 1. The zero-order valence-electron chi connectivity index (χ0n) is 9.51. The van der Waals surface area contributed by atoms with E-state index in [1.807, 2.05) is 20.8 Å². The Morgan fingerprint density at radius 1 is 1.06 bits per heavy atom. The van der Waals surface area contributed by atoms with Gasteiger partial charge in [0.1, 0.15) is 5.75 Å². The molecule has 90 valence electrons. The minimum atomic E-state index is -4.63. The van der Waals surface area contributed by atoms with Gasteiger partial charge in [0.05, 0.1) is 0 Å². The molecule has 0 radical (unpaired) electrons. The number of hydrogen-bond acceptors (Lipinski definition) is 1. The lowest BCUT2D eigenvalue weighted by atomic mass is 9.90. The number of para-hydroxylation sites is 1. The highest BCUT2D eigenvalue weighted by Crippen LogP contribution is 2.34. The Bertz CT molecular complexity index is 344. The summed E-state index contributed by atoms with van der Waals surface area (Å²) in [6.45, 7) is 5.83. The first kappa shape index (κ1) is 12.9. The van der Waals surface area contributed by atoms with Crippen LogP contribution in [0.15, 0.2) is 24.3 Å². The SMILES string of the molecule is CC(C)C(C)c1ccccc1OC(F)(F)F.